The average molecular weight is 175 g/mol. The van der Waals surface area contributed by atoms with Gasteiger partial charge in [0.25, 0.3) is 0 Å². The van der Waals surface area contributed by atoms with E-state index in [0.717, 1.165) is 5.69 Å². The molecule has 0 radical (unpaired) electrons. The Morgan fingerprint density at radius 2 is 2.45 bits per heavy atom. The molecule has 0 unspecified atom stereocenters. The SMILES string of the molecule is C[C@H](O)Cc1c(Cl)ncn1C. The molecular weight excluding hydrogens is 164 g/mol. The maximum absolute atomic E-state index is 9.07. The molecule has 0 saturated heterocycles. The molecule has 0 bridgehead atoms. The Bertz CT molecular complexity index is 225. The Kier molecular flexibility index (Phi) is 2.52. The summed E-state index contributed by atoms with van der Waals surface area (Å²) in [5.41, 5.74) is 0.877. The predicted molar refractivity (Wildman–Crippen MR) is 43.6 cm³/mol. The molecule has 0 aliphatic rings. The highest BCUT2D eigenvalue weighted by atomic mass is 35.5. The van der Waals surface area contributed by atoms with Gasteiger partial charge in [-0.05, 0) is 6.92 Å². The molecule has 0 aliphatic carbocycles. The summed E-state index contributed by atoms with van der Waals surface area (Å²) in [6.07, 6.45) is 1.82. The molecule has 0 aliphatic heterocycles. The largest absolute Gasteiger partial charge is 0.393 e. The minimum absolute atomic E-state index is 0.372. The van der Waals surface area contributed by atoms with Gasteiger partial charge in [-0.2, -0.15) is 0 Å². The molecule has 11 heavy (non-hydrogen) atoms. The second-order valence-corrected chi connectivity index (χ2v) is 3.00. The van der Waals surface area contributed by atoms with E-state index in [9.17, 15) is 0 Å². The van der Waals surface area contributed by atoms with Crippen molar-refractivity contribution in [1.29, 1.82) is 0 Å². The Hall–Kier alpha value is -0.540. The van der Waals surface area contributed by atoms with E-state index in [2.05, 4.69) is 4.98 Å². The first-order valence-corrected chi connectivity index (χ1v) is 3.83. The van der Waals surface area contributed by atoms with Crippen molar-refractivity contribution in [2.45, 2.75) is 19.4 Å². The summed E-state index contributed by atoms with van der Waals surface area (Å²) in [6.45, 7) is 1.73. The first-order valence-electron chi connectivity index (χ1n) is 3.45. The van der Waals surface area contributed by atoms with Gasteiger partial charge >= 0.3 is 0 Å². The van der Waals surface area contributed by atoms with Crippen molar-refractivity contribution in [2.75, 3.05) is 0 Å². The maximum Gasteiger partial charge on any atom is 0.150 e. The Morgan fingerprint density at radius 1 is 1.82 bits per heavy atom. The molecule has 0 fully saturated rings. The minimum Gasteiger partial charge on any atom is -0.393 e. The maximum atomic E-state index is 9.07. The van der Waals surface area contributed by atoms with Crippen LogP contribution in [0.1, 0.15) is 12.6 Å². The predicted octanol–water partition coefficient (Wildman–Crippen LogP) is 0.997. The first kappa shape index (κ1) is 8.56. The molecule has 4 heteroatoms. The van der Waals surface area contributed by atoms with Gasteiger partial charge < -0.3 is 9.67 Å². The number of aliphatic hydroxyl groups is 1. The molecule has 1 rings (SSSR count). The van der Waals surface area contributed by atoms with Crippen LogP contribution in [-0.4, -0.2) is 20.8 Å². The highest BCUT2D eigenvalue weighted by Crippen LogP contribution is 2.13. The Balaban J connectivity index is 2.83. The summed E-state index contributed by atoms with van der Waals surface area (Å²) < 4.78 is 1.81. The molecule has 1 heterocycles. The van der Waals surface area contributed by atoms with Crippen LogP contribution < -0.4 is 0 Å². The lowest BCUT2D eigenvalue weighted by Gasteiger charge is -2.04. The van der Waals surface area contributed by atoms with Gasteiger partial charge in [0.1, 0.15) is 5.15 Å². The lowest BCUT2D eigenvalue weighted by molar-refractivity contribution is 0.193. The van der Waals surface area contributed by atoms with E-state index in [1.54, 1.807) is 13.3 Å². The summed E-state index contributed by atoms with van der Waals surface area (Å²) in [7, 11) is 1.86. The molecule has 1 N–H and O–H groups in total. The second kappa shape index (κ2) is 3.24. The number of imidazole rings is 1. The molecule has 0 spiro atoms. The van der Waals surface area contributed by atoms with E-state index >= 15 is 0 Å². The number of hydrogen-bond acceptors (Lipinski definition) is 2. The van der Waals surface area contributed by atoms with E-state index in [1.165, 1.54) is 0 Å². The third-order valence-electron chi connectivity index (χ3n) is 1.50. The number of aromatic nitrogens is 2. The van der Waals surface area contributed by atoms with Crippen LogP contribution >= 0.6 is 11.6 Å². The van der Waals surface area contributed by atoms with Gasteiger partial charge in [-0.15, -0.1) is 0 Å². The quantitative estimate of drug-likeness (QED) is 0.727. The van der Waals surface area contributed by atoms with Crippen LogP contribution in [0.3, 0.4) is 0 Å². The third-order valence-corrected chi connectivity index (χ3v) is 1.81. The van der Waals surface area contributed by atoms with E-state index in [4.69, 9.17) is 16.7 Å². The van der Waals surface area contributed by atoms with Crippen LogP contribution in [-0.2, 0) is 13.5 Å². The van der Waals surface area contributed by atoms with Crippen LogP contribution in [0.4, 0.5) is 0 Å². The molecule has 1 aromatic rings. The van der Waals surface area contributed by atoms with Crippen molar-refractivity contribution < 1.29 is 5.11 Å². The number of nitrogens with zero attached hydrogens (tertiary/aromatic N) is 2. The second-order valence-electron chi connectivity index (χ2n) is 2.65. The monoisotopic (exact) mass is 174 g/mol. The van der Waals surface area contributed by atoms with Crippen molar-refractivity contribution >= 4 is 11.6 Å². The summed E-state index contributed by atoms with van der Waals surface area (Å²) in [5.74, 6) is 0. The zero-order valence-corrected chi connectivity index (χ0v) is 7.34. The van der Waals surface area contributed by atoms with Crippen LogP contribution in [0.2, 0.25) is 5.15 Å². The normalized spacial score (nSPS) is 13.5. The molecule has 1 aromatic heterocycles. The van der Waals surface area contributed by atoms with Crippen molar-refractivity contribution in [2.24, 2.45) is 7.05 Å². The van der Waals surface area contributed by atoms with Gasteiger partial charge in [-0.1, -0.05) is 11.6 Å². The van der Waals surface area contributed by atoms with Gasteiger partial charge in [0.2, 0.25) is 0 Å². The highest BCUT2D eigenvalue weighted by Gasteiger charge is 2.08. The smallest absolute Gasteiger partial charge is 0.150 e. The molecule has 62 valence electrons. The summed E-state index contributed by atoms with van der Waals surface area (Å²) in [6, 6.07) is 0. The molecule has 0 aromatic carbocycles. The molecule has 0 saturated carbocycles. The van der Waals surface area contributed by atoms with Crippen molar-refractivity contribution in [3.05, 3.63) is 17.2 Å². The van der Waals surface area contributed by atoms with Gasteiger partial charge in [-0.3, -0.25) is 0 Å². The van der Waals surface area contributed by atoms with E-state index in [-0.39, 0.29) is 6.10 Å². The summed E-state index contributed by atoms with van der Waals surface area (Å²) in [4.78, 5) is 3.89. The van der Waals surface area contributed by atoms with E-state index in [0.29, 0.717) is 11.6 Å². The lowest BCUT2D eigenvalue weighted by atomic mass is 10.2. The van der Waals surface area contributed by atoms with E-state index < -0.39 is 0 Å². The number of aliphatic hydroxyl groups excluding tert-OH is 1. The molecule has 1 atom stereocenters. The highest BCUT2D eigenvalue weighted by molar-refractivity contribution is 6.30. The summed E-state index contributed by atoms with van der Waals surface area (Å²) in [5, 5.41) is 9.55. The van der Waals surface area contributed by atoms with Crippen LogP contribution in [0, 0.1) is 0 Å². The zero-order valence-electron chi connectivity index (χ0n) is 6.58. The topological polar surface area (TPSA) is 38.1 Å². The van der Waals surface area contributed by atoms with Gasteiger partial charge in [0.15, 0.2) is 0 Å². The fourth-order valence-electron chi connectivity index (χ4n) is 0.935. The van der Waals surface area contributed by atoms with E-state index in [1.807, 2.05) is 11.6 Å². The zero-order chi connectivity index (χ0) is 8.43. The fraction of sp³-hybridized carbons (Fsp3) is 0.571. The molecular formula is C7H11ClN2O. The van der Waals surface area contributed by atoms with Crippen molar-refractivity contribution in [3.8, 4) is 0 Å². The average Bonchev–Trinajstić information content (AvgIpc) is 2.18. The van der Waals surface area contributed by atoms with Gasteiger partial charge in [0.05, 0.1) is 18.1 Å². The van der Waals surface area contributed by atoms with Crippen LogP contribution in [0.5, 0.6) is 0 Å². The standard InChI is InChI=1S/C7H11ClN2O/c1-5(11)3-6-7(8)9-4-10(6)2/h4-5,11H,3H2,1-2H3/t5-/m0/s1. The fourth-order valence-corrected chi connectivity index (χ4v) is 1.19. The Labute approximate surface area is 70.6 Å². The first-order chi connectivity index (χ1) is 5.11. The third kappa shape index (κ3) is 1.94. The molecule has 3 nitrogen and oxygen atoms in total. The van der Waals surface area contributed by atoms with Crippen molar-refractivity contribution in [3.63, 3.8) is 0 Å². The number of rotatable bonds is 2. The molecule has 0 amide bonds. The van der Waals surface area contributed by atoms with Crippen molar-refractivity contribution in [1.82, 2.24) is 9.55 Å². The minimum atomic E-state index is -0.372. The van der Waals surface area contributed by atoms with Crippen LogP contribution in [0.25, 0.3) is 0 Å². The Morgan fingerprint density at radius 3 is 2.82 bits per heavy atom. The number of halogens is 1. The number of aryl methyl sites for hydroxylation is 1. The summed E-state index contributed by atoms with van der Waals surface area (Å²) >= 11 is 5.75. The van der Waals surface area contributed by atoms with Gasteiger partial charge in [-0.25, -0.2) is 4.98 Å². The number of hydrogen-bond donors (Lipinski definition) is 1. The van der Waals surface area contributed by atoms with Crippen LogP contribution in [0.15, 0.2) is 6.33 Å². The van der Waals surface area contributed by atoms with Gasteiger partial charge in [0, 0.05) is 13.5 Å². The lowest BCUT2D eigenvalue weighted by Crippen LogP contribution is -2.08.